The van der Waals surface area contributed by atoms with Crippen LogP contribution in [-0.2, 0) is 22.7 Å². The van der Waals surface area contributed by atoms with Gasteiger partial charge in [0, 0.05) is 11.8 Å². The smallest absolute Gasteiger partial charge is 0.341 e. The zero-order chi connectivity index (χ0) is 22.9. The van der Waals surface area contributed by atoms with Crippen molar-refractivity contribution in [1.82, 2.24) is 4.98 Å². The molecule has 7 heteroatoms. The van der Waals surface area contributed by atoms with Crippen LogP contribution >= 0.6 is 0 Å². The van der Waals surface area contributed by atoms with Crippen molar-refractivity contribution in [3.8, 4) is 17.2 Å². The Bertz CT molecular complexity index is 1070. The van der Waals surface area contributed by atoms with E-state index in [0.717, 1.165) is 41.8 Å². The molecular weight excluding hydrogens is 408 g/mol. The molecule has 0 aliphatic heterocycles. The number of hydrogen-bond donors (Lipinski definition) is 1. The molecule has 0 aliphatic carbocycles. The molecule has 0 saturated carbocycles. The molecule has 0 radical (unpaired) electrons. The van der Waals surface area contributed by atoms with Gasteiger partial charge in [0.15, 0.2) is 13.2 Å². The third-order valence-corrected chi connectivity index (χ3v) is 4.93. The molecule has 3 rings (SSSR count). The summed E-state index contributed by atoms with van der Waals surface area (Å²) in [6.45, 7) is 5.74. The molecule has 2 aromatic carbocycles. The third-order valence-electron chi connectivity index (χ3n) is 4.93. The van der Waals surface area contributed by atoms with E-state index in [9.17, 15) is 4.79 Å². The number of rotatable bonds is 11. The van der Waals surface area contributed by atoms with Crippen molar-refractivity contribution in [2.45, 2.75) is 46.6 Å². The van der Waals surface area contributed by atoms with E-state index in [0.29, 0.717) is 11.6 Å². The number of aliphatic carboxylic acids is 1. The fourth-order valence-corrected chi connectivity index (χ4v) is 3.15. The number of aryl methyl sites for hydroxylation is 4. The standard InChI is InChI=1S/C25H28N2O5/c1-17-7-10-21(11-8-17)25-27-22(19(3)32-25)15-31-26-13-5-4-6-20-9-12-23(18(2)14-20)30-16-24(28)29/h7-14H,4-6,15-16H2,1-3H3,(H,28,29). The SMILES string of the molecule is Cc1ccc(-c2nc(CON=CCCCc3ccc(OCC(=O)O)c(C)c3)c(C)o2)cc1. The Morgan fingerprint density at radius 2 is 1.94 bits per heavy atom. The van der Waals surface area contributed by atoms with Gasteiger partial charge in [-0.3, -0.25) is 0 Å². The van der Waals surface area contributed by atoms with E-state index in [1.807, 2.05) is 63.2 Å². The molecule has 0 saturated heterocycles. The number of aromatic nitrogens is 1. The molecule has 1 aromatic heterocycles. The lowest BCUT2D eigenvalue weighted by Gasteiger charge is -2.08. The number of oxime groups is 1. The van der Waals surface area contributed by atoms with E-state index in [1.165, 1.54) is 11.1 Å². The van der Waals surface area contributed by atoms with Gasteiger partial charge in [-0.25, -0.2) is 9.78 Å². The zero-order valence-electron chi connectivity index (χ0n) is 18.6. The number of carboxylic acids is 1. The van der Waals surface area contributed by atoms with Gasteiger partial charge in [-0.2, -0.15) is 0 Å². The van der Waals surface area contributed by atoms with Crippen LogP contribution in [0.15, 0.2) is 52.0 Å². The van der Waals surface area contributed by atoms with Crippen molar-refractivity contribution >= 4 is 12.2 Å². The second kappa shape index (κ2) is 11.1. The lowest BCUT2D eigenvalue weighted by Crippen LogP contribution is -2.10. The summed E-state index contributed by atoms with van der Waals surface area (Å²) in [6.07, 6.45) is 4.34. The number of unbranched alkanes of at least 4 members (excludes halogenated alkanes) is 1. The Morgan fingerprint density at radius 1 is 1.16 bits per heavy atom. The lowest BCUT2D eigenvalue weighted by atomic mass is 10.1. The van der Waals surface area contributed by atoms with Gasteiger partial charge in [0.2, 0.25) is 5.89 Å². The molecule has 1 N–H and O–H groups in total. The number of ether oxygens (including phenoxy) is 1. The first-order valence-electron chi connectivity index (χ1n) is 10.5. The maximum Gasteiger partial charge on any atom is 0.341 e. The van der Waals surface area contributed by atoms with Crippen LogP contribution in [0.4, 0.5) is 0 Å². The molecular formula is C25H28N2O5. The molecule has 7 nitrogen and oxygen atoms in total. The van der Waals surface area contributed by atoms with E-state index in [1.54, 1.807) is 6.21 Å². The van der Waals surface area contributed by atoms with Crippen LogP contribution in [0.3, 0.4) is 0 Å². The average Bonchev–Trinajstić information content (AvgIpc) is 3.13. The predicted molar refractivity (Wildman–Crippen MR) is 122 cm³/mol. The number of oxazole rings is 1. The van der Waals surface area contributed by atoms with Crippen LogP contribution in [0, 0.1) is 20.8 Å². The number of nitrogens with zero attached hydrogens (tertiary/aromatic N) is 2. The van der Waals surface area contributed by atoms with Gasteiger partial charge in [-0.15, -0.1) is 0 Å². The minimum absolute atomic E-state index is 0.259. The van der Waals surface area contributed by atoms with Crippen LogP contribution < -0.4 is 4.74 Å². The molecule has 0 unspecified atom stereocenters. The van der Waals surface area contributed by atoms with E-state index in [4.69, 9.17) is 19.1 Å². The molecule has 168 valence electrons. The highest BCUT2D eigenvalue weighted by atomic mass is 16.6. The highest BCUT2D eigenvalue weighted by Crippen LogP contribution is 2.23. The largest absolute Gasteiger partial charge is 0.482 e. The molecule has 0 fully saturated rings. The maximum absolute atomic E-state index is 10.6. The van der Waals surface area contributed by atoms with Crippen LogP contribution in [0.5, 0.6) is 5.75 Å². The molecule has 0 spiro atoms. The topological polar surface area (TPSA) is 94.2 Å². The van der Waals surface area contributed by atoms with E-state index in [2.05, 4.69) is 10.1 Å². The van der Waals surface area contributed by atoms with Gasteiger partial charge in [0.25, 0.3) is 0 Å². The molecule has 0 bridgehead atoms. The Balaban J connectivity index is 1.40. The highest BCUT2D eigenvalue weighted by Gasteiger charge is 2.11. The summed E-state index contributed by atoms with van der Waals surface area (Å²) in [7, 11) is 0. The molecule has 32 heavy (non-hydrogen) atoms. The van der Waals surface area contributed by atoms with Crippen LogP contribution in [-0.4, -0.2) is 28.9 Å². The summed E-state index contributed by atoms with van der Waals surface area (Å²) in [4.78, 5) is 20.5. The van der Waals surface area contributed by atoms with Crippen molar-refractivity contribution < 1.29 is 23.9 Å². The quantitative estimate of drug-likeness (QED) is 0.250. The lowest BCUT2D eigenvalue weighted by molar-refractivity contribution is -0.139. The molecule has 0 aliphatic rings. The summed E-state index contributed by atoms with van der Waals surface area (Å²) >= 11 is 0. The maximum atomic E-state index is 10.6. The van der Waals surface area contributed by atoms with E-state index >= 15 is 0 Å². The molecule has 1 heterocycles. The molecule has 0 atom stereocenters. The van der Waals surface area contributed by atoms with Crippen molar-refractivity contribution in [3.63, 3.8) is 0 Å². The number of hydrogen-bond acceptors (Lipinski definition) is 6. The van der Waals surface area contributed by atoms with Gasteiger partial charge in [-0.05, 0) is 69.4 Å². The monoisotopic (exact) mass is 436 g/mol. The van der Waals surface area contributed by atoms with Gasteiger partial charge in [-0.1, -0.05) is 35.0 Å². The Labute approximate surface area is 187 Å². The van der Waals surface area contributed by atoms with E-state index < -0.39 is 5.97 Å². The molecule has 0 amide bonds. The summed E-state index contributed by atoms with van der Waals surface area (Å²) < 4.78 is 11.0. The van der Waals surface area contributed by atoms with Crippen molar-refractivity contribution in [2.75, 3.05) is 6.61 Å². The van der Waals surface area contributed by atoms with Gasteiger partial charge >= 0.3 is 5.97 Å². The number of carboxylic acid groups (broad SMARTS) is 1. The van der Waals surface area contributed by atoms with Crippen molar-refractivity contribution in [1.29, 1.82) is 0 Å². The minimum Gasteiger partial charge on any atom is -0.482 e. The van der Waals surface area contributed by atoms with Crippen LogP contribution in [0.25, 0.3) is 11.5 Å². The van der Waals surface area contributed by atoms with Gasteiger partial charge in [0.05, 0.1) is 0 Å². The second-order valence-electron chi connectivity index (χ2n) is 7.62. The van der Waals surface area contributed by atoms with Gasteiger partial charge in [0.1, 0.15) is 17.2 Å². The van der Waals surface area contributed by atoms with E-state index in [-0.39, 0.29) is 13.2 Å². The fraction of sp³-hybridized carbons (Fsp3) is 0.320. The first-order chi connectivity index (χ1) is 15.4. The average molecular weight is 437 g/mol. The van der Waals surface area contributed by atoms with Crippen molar-refractivity contribution in [2.24, 2.45) is 5.16 Å². The predicted octanol–water partition coefficient (Wildman–Crippen LogP) is 5.26. The summed E-state index contributed by atoms with van der Waals surface area (Å²) in [5.41, 5.74) is 4.95. The second-order valence-corrected chi connectivity index (χ2v) is 7.62. The zero-order valence-corrected chi connectivity index (χ0v) is 18.6. The summed E-state index contributed by atoms with van der Waals surface area (Å²) in [5.74, 6) is 0.918. The first-order valence-corrected chi connectivity index (χ1v) is 10.5. The third kappa shape index (κ3) is 6.70. The number of carbonyl (C=O) groups is 1. The fourth-order valence-electron chi connectivity index (χ4n) is 3.15. The molecule has 3 aromatic rings. The number of benzene rings is 2. The Kier molecular flexibility index (Phi) is 8.02. The van der Waals surface area contributed by atoms with Crippen molar-refractivity contribution in [3.05, 3.63) is 70.6 Å². The minimum atomic E-state index is -0.986. The normalized spacial score (nSPS) is 11.1. The Morgan fingerprint density at radius 3 is 2.66 bits per heavy atom. The highest BCUT2D eigenvalue weighted by molar-refractivity contribution is 5.68. The Hall–Kier alpha value is -3.61. The summed E-state index contributed by atoms with van der Waals surface area (Å²) in [5, 5.41) is 12.7. The first kappa shape index (κ1) is 23.1. The van der Waals surface area contributed by atoms with Gasteiger partial charge < -0.3 is 19.1 Å². The van der Waals surface area contributed by atoms with Crippen LogP contribution in [0.2, 0.25) is 0 Å². The van der Waals surface area contributed by atoms with Crippen LogP contribution in [0.1, 0.15) is 41.0 Å². The summed E-state index contributed by atoms with van der Waals surface area (Å²) in [6, 6.07) is 13.8.